The second-order valence-corrected chi connectivity index (χ2v) is 9.03. The minimum atomic E-state index is -0.384. The van der Waals surface area contributed by atoms with E-state index in [4.69, 9.17) is 37.4 Å². The topological polar surface area (TPSA) is 74.6 Å². The predicted molar refractivity (Wildman–Crippen MR) is 131 cm³/mol. The molecule has 0 spiro atoms. The quantitative estimate of drug-likeness (QED) is 0.394. The molecule has 3 aromatic rings. The predicted octanol–water partition coefficient (Wildman–Crippen LogP) is 5.88. The maximum Gasteiger partial charge on any atom is 0.221 e. The van der Waals surface area contributed by atoms with E-state index in [1.54, 1.807) is 30.7 Å². The van der Waals surface area contributed by atoms with Crippen LogP contribution in [-0.2, 0) is 20.8 Å². The van der Waals surface area contributed by atoms with Gasteiger partial charge in [0.15, 0.2) is 6.29 Å². The van der Waals surface area contributed by atoms with Gasteiger partial charge in [0.05, 0.1) is 19.0 Å². The fourth-order valence-electron chi connectivity index (χ4n) is 3.86. The number of carbonyl (C=O) groups excluding carboxylic acids is 1. The molecule has 2 heterocycles. The van der Waals surface area contributed by atoms with Crippen molar-refractivity contribution in [3.05, 3.63) is 76.8 Å². The monoisotopic (exact) mass is 503 g/mol. The molecule has 7 nitrogen and oxygen atoms in total. The molecule has 2 aromatic carbocycles. The molecular formula is C25H27Cl2N3O4. The highest BCUT2D eigenvalue weighted by atomic mass is 35.5. The van der Waals surface area contributed by atoms with Gasteiger partial charge in [-0.25, -0.2) is 4.98 Å². The van der Waals surface area contributed by atoms with Crippen LogP contribution in [0.1, 0.15) is 37.9 Å². The fraction of sp³-hybridized carbons (Fsp3) is 0.360. The third-order valence-corrected chi connectivity index (χ3v) is 6.04. The SMILES string of the molecule is CC(=O)Nc1ccc(OC[C@H]2CCC[C@H](OC(Cn3ccnc3)c3ccc(Cl)cc3Cl)O2)cc1. The van der Waals surface area contributed by atoms with E-state index in [-0.39, 0.29) is 24.4 Å². The smallest absolute Gasteiger partial charge is 0.221 e. The van der Waals surface area contributed by atoms with E-state index in [9.17, 15) is 4.79 Å². The molecule has 1 N–H and O–H groups in total. The van der Waals surface area contributed by atoms with E-state index in [0.717, 1.165) is 30.5 Å². The third kappa shape index (κ3) is 6.96. The van der Waals surface area contributed by atoms with E-state index >= 15 is 0 Å². The van der Waals surface area contributed by atoms with Gasteiger partial charge in [-0.05, 0) is 55.7 Å². The Kier molecular flexibility index (Phi) is 8.45. The van der Waals surface area contributed by atoms with Gasteiger partial charge < -0.3 is 24.1 Å². The van der Waals surface area contributed by atoms with Crippen LogP contribution in [0.5, 0.6) is 5.75 Å². The lowest BCUT2D eigenvalue weighted by Crippen LogP contribution is -2.35. The van der Waals surface area contributed by atoms with Crippen LogP contribution >= 0.6 is 23.2 Å². The summed E-state index contributed by atoms with van der Waals surface area (Å²) >= 11 is 12.6. The van der Waals surface area contributed by atoms with Gasteiger partial charge in [-0.3, -0.25) is 4.79 Å². The van der Waals surface area contributed by atoms with Gasteiger partial charge in [0.1, 0.15) is 18.5 Å². The van der Waals surface area contributed by atoms with E-state index in [1.165, 1.54) is 6.92 Å². The zero-order valence-corrected chi connectivity index (χ0v) is 20.3. The molecule has 180 valence electrons. The van der Waals surface area contributed by atoms with Crippen molar-refractivity contribution in [2.24, 2.45) is 0 Å². The Morgan fingerprint density at radius 2 is 2.06 bits per heavy atom. The number of hydrogen-bond acceptors (Lipinski definition) is 5. The minimum Gasteiger partial charge on any atom is -0.491 e. The second kappa shape index (κ2) is 11.7. The summed E-state index contributed by atoms with van der Waals surface area (Å²) < 4.78 is 20.5. The summed E-state index contributed by atoms with van der Waals surface area (Å²) in [7, 11) is 0. The lowest BCUT2D eigenvalue weighted by atomic mass is 10.1. The van der Waals surface area contributed by atoms with E-state index < -0.39 is 0 Å². The normalized spacial score (nSPS) is 18.9. The first kappa shape index (κ1) is 24.5. The van der Waals surface area contributed by atoms with Crippen LogP contribution in [0.2, 0.25) is 10.0 Å². The van der Waals surface area contributed by atoms with Crippen LogP contribution in [0, 0.1) is 0 Å². The largest absolute Gasteiger partial charge is 0.491 e. The van der Waals surface area contributed by atoms with Crippen molar-refractivity contribution in [1.29, 1.82) is 0 Å². The highest BCUT2D eigenvalue weighted by molar-refractivity contribution is 6.35. The van der Waals surface area contributed by atoms with Crippen molar-refractivity contribution in [1.82, 2.24) is 9.55 Å². The highest BCUT2D eigenvalue weighted by Crippen LogP contribution is 2.33. The third-order valence-electron chi connectivity index (χ3n) is 5.48. The Hall–Kier alpha value is -2.58. The van der Waals surface area contributed by atoms with Crippen molar-refractivity contribution in [3.8, 4) is 5.75 Å². The fourth-order valence-corrected chi connectivity index (χ4v) is 4.39. The summed E-state index contributed by atoms with van der Waals surface area (Å²) in [6.07, 6.45) is 7.19. The van der Waals surface area contributed by atoms with E-state index in [0.29, 0.717) is 28.9 Å². The number of nitrogens with zero attached hydrogens (tertiary/aromatic N) is 2. The molecule has 1 amide bonds. The number of carbonyl (C=O) groups is 1. The molecule has 1 aliphatic heterocycles. The number of anilines is 1. The van der Waals surface area contributed by atoms with Gasteiger partial charge in [0.2, 0.25) is 5.91 Å². The Labute approximate surface area is 208 Å². The molecule has 0 radical (unpaired) electrons. The molecular weight excluding hydrogens is 477 g/mol. The maximum atomic E-state index is 11.2. The first-order chi connectivity index (χ1) is 16.5. The van der Waals surface area contributed by atoms with Crippen molar-refractivity contribution >= 4 is 34.8 Å². The molecule has 4 rings (SSSR count). The average molecular weight is 504 g/mol. The van der Waals surface area contributed by atoms with Crippen molar-refractivity contribution in [3.63, 3.8) is 0 Å². The van der Waals surface area contributed by atoms with Gasteiger partial charge in [0, 0.05) is 40.6 Å². The summed E-state index contributed by atoms with van der Waals surface area (Å²) in [5.74, 6) is 0.605. The van der Waals surface area contributed by atoms with E-state index in [2.05, 4.69) is 10.3 Å². The molecule has 0 saturated carbocycles. The van der Waals surface area contributed by atoms with Gasteiger partial charge >= 0.3 is 0 Å². The molecule has 0 aliphatic carbocycles. The molecule has 0 bridgehead atoms. The molecule has 1 aromatic heterocycles. The number of hydrogen-bond donors (Lipinski definition) is 1. The molecule has 1 aliphatic rings. The summed E-state index contributed by atoms with van der Waals surface area (Å²) in [6, 6.07) is 12.7. The molecule has 3 atom stereocenters. The first-order valence-electron chi connectivity index (χ1n) is 11.2. The number of ether oxygens (including phenoxy) is 3. The number of amides is 1. The molecule has 1 fully saturated rings. The zero-order chi connectivity index (χ0) is 23.9. The first-order valence-corrected chi connectivity index (χ1v) is 11.9. The number of rotatable bonds is 9. The molecule has 1 unspecified atom stereocenters. The van der Waals surface area contributed by atoms with Crippen LogP contribution < -0.4 is 10.1 Å². The van der Waals surface area contributed by atoms with Gasteiger partial charge in [-0.2, -0.15) is 0 Å². The van der Waals surface area contributed by atoms with Crippen molar-refractivity contribution in [2.75, 3.05) is 11.9 Å². The molecule has 34 heavy (non-hydrogen) atoms. The maximum absolute atomic E-state index is 11.2. The lowest BCUT2D eigenvalue weighted by Gasteiger charge is -2.33. The Bertz CT molecular complexity index is 1080. The summed E-state index contributed by atoms with van der Waals surface area (Å²) in [5.41, 5.74) is 1.58. The highest BCUT2D eigenvalue weighted by Gasteiger charge is 2.28. The summed E-state index contributed by atoms with van der Waals surface area (Å²) in [4.78, 5) is 15.3. The number of imidazole rings is 1. The molecule has 1 saturated heterocycles. The van der Waals surface area contributed by atoms with Crippen LogP contribution in [0.3, 0.4) is 0 Å². The van der Waals surface area contributed by atoms with Crippen LogP contribution in [0.4, 0.5) is 5.69 Å². The van der Waals surface area contributed by atoms with Crippen LogP contribution in [0.15, 0.2) is 61.2 Å². The zero-order valence-electron chi connectivity index (χ0n) is 18.8. The Morgan fingerprint density at radius 3 is 2.76 bits per heavy atom. The van der Waals surface area contributed by atoms with Crippen LogP contribution in [0.25, 0.3) is 0 Å². The van der Waals surface area contributed by atoms with Gasteiger partial charge in [-0.1, -0.05) is 29.3 Å². The number of aromatic nitrogens is 2. The van der Waals surface area contributed by atoms with Crippen LogP contribution in [-0.4, -0.2) is 34.5 Å². The number of benzene rings is 2. The minimum absolute atomic E-state index is 0.0941. The Morgan fingerprint density at radius 1 is 1.24 bits per heavy atom. The molecule has 9 heteroatoms. The standard InChI is InChI=1S/C25H27Cl2N3O4/c1-17(31)29-19-6-8-20(9-7-19)32-15-21-3-2-4-25(33-21)34-24(14-30-12-11-28-16-30)22-10-5-18(26)13-23(22)27/h5-13,16,21,24-25H,2-4,14-15H2,1H3,(H,29,31)/t21-,24?,25+/m1/s1. The summed E-state index contributed by atoms with van der Waals surface area (Å²) in [6.45, 7) is 2.43. The van der Waals surface area contributed by atoms with Gasteiger partial charge in [-0.15, -0.1) is 0 Å². The number of nitrogens with one attached hydrogen (secondary N) is 1. The van der Waals surface area contributed by atoms with Crippen molar-refractivity contribution in [2.45, 2.75) is 51.2 Å². The van der Waals surface area contributed by atoms with Crippen molar-refractivity contribution < 1.29 is 19.0 Å². The number of halogens is 2. The summed E-state index contributed by atoms with van der Waals surface area (Å²) in [5, 5.41) is 3.87. The second-order valence-electron chi connectivity index (χ2n) is 8.19. The van der Waals surface area contributed by atoms with Gasteiger partial charge in [0.25, 0.3) is 0 Å². The van der Waals surface area contributed by atoms with E-state index in [1.807, 2.05) is 35.0 Å². The Balaban J connectivity index is 1.37. The lowest BCUT2D eigenvalue weighted by molar-refractivity contribution is -0.223. The average Bonchev–Trinajstić information content (AvgIpc) is 3.31.